The number of hydrogen-bond donors (Lipinski definition) is 1. The van der Waals surface area contributed by atoms with Gasteiger partial charge in [0.25, 0.3) is 0 Å². The Morgan fingerprint density at radius 2 is 2.24 bits per heavy atom. The average Bonchev–Trinajstić information content (AvgIpc) is 2.32. The van der Waals surface area contributed by atoms with Crippen molar-refractivity contribution in [1.82, 2.24) is 14.9 Å². The molecule has 5 heteroatoms. The highest BCUT2D eigenvalue weighted by Gasteiger charge is 2.18. The summed E-state index contributed by atoms with van der Waals surface area (Å²) in [6.07, 6.45) is 3.71. The molecular formula is C12H17N5. The monoisotopic (exact) mass is 231 g/mol. The first-order valence-corrected chi connectivity index (χ1v) is 5.92. The van der Waals surface area contributed by atoms with E-state index in [0.29, 0.717) is 12.6 Å². The molecule has 2 heterocycles. The van der Waals surface area contributed by atoms with Crippen molar-refractivity contribution in [3.63, 3.8) is 0 Å². The number of nitrogens with one attached hydrogen (secondary N) is 1. The summed E-state index contributed by atoms with van der Waals surface area (Å²) < 4.78 is 0. The van der Waals surface area contributed by atoms with Crippen LogP contribution in [0.25, 0.3) is 0 Å². The molecule has 0 saturated carbocycles. The largest absolute Gasteiger partial charge is 0.367 e. The predicted molar refractivity (Wildman–Crippen MR) is 65.5 cm³/mol. The molecule has 1 aromatic heterocycles. The molecule has 1 aromatic rings. The van der Waals surface area contributed by atoms with Crippen molar-refractivity contribution in [2.75, 3.05) is 25.0 Å². The van der Waals surface area contributed by atoms with Crippen LogP contribution in [0.2, 0.25) is 0 Å². The fourth-order valence-corrected chi connectivity index (χ4v) is 2.08. The molecule has 0 spiro atoms. The van der Waals surface area contributed by atoms with Gasteiger partial charge in [-0.05, 0) is 19.8 Å². The van der Waals surface area contributed by atoms with Gasteiger partial charge in [0.2, 0.25) is 0 Å². The van der Waals surface area contributed by atoms with Gasteiger partial charge in [0.1, 0.15) is 12.1 Å². The minimum absolute atomic E-state index is 0.458. The van der Waals surface area contributed by atoms with Gasteiger partial charge >= 0.3 is 0 Å². The highest BCUT2D eigenvalue weighted by molar-refractivity contribution is 5.35. The molecule has 0 aliphatic carbocycles. The SMILES string of the molecule is Cc1cc(NC2CCN(CC#N)CC2)ncn1. The Hall–Kier alpha value is -1.67. The van der Waals surface area contributed by atoms with Crippen LogP contribution in [-0.4, -0.2) is 40.5 Å². The Morgan fingerprint density at radius 1 is 1.47 bits per heavy atom. The van der Waals surface area contributed by atoms with Gasteiger partial charge in [-0.25, -0.2) is 9.97 Å². The van der Waals surface area contributed by atoms with E-state index in [2.05, 4.69) is 26.3 Å². The number of nitrogens with zero attached hydrogens (tertiary/aromatic N) is 4. The van der Waals surface area contributed by atoms with Crippen molar-refractivity contribution in [2.45, 2.75) is 25.8 Å². The van der Waals surface area contributed by atoms with E-state index in [4.69, 9.17) is 5.26 Å². The van der Waals surface area contributed by atoms with Crippen molar-refractivity contribution < 1.29 is 0 Å². The molecule has 0 aromatic carbocycles. The zero-order valence-corrected chi connectivity index (χ0v) is 10.1. The second kappa shape index (κ2) is 5.60. The zero-order valence-electron chi connectivity index (χ0n) is 10.1. The third-order valence-corrected chi connectivity index (χ3v) is 3.04. The van der Waals surface area contributed by atoms with Crippen LogP contribution in [0.15, 0.2) is 12.4 Å². The Morgan fingerprint density at radius 3 is 2.88 bits per heavy atom. The molecule has 1 N–H and O–H groups in total. The van der Waals surface area contributed by atoms with E-state index >= 15 is 0 Å². The van der Waals surface area contributed by atoms with E-state index in [0.717, 1.165) is 37.4 Å². The van der Waals surface area contributed by atoms with E-state index in [-0.39, 0.29) is 0 Å². The maximum Gasteiger partial charge on any atom is 0.129 e. The summed E-state index contributed by atoms with van der Waals surface area (Å²) in [7, 11) is 0. The second-order valence-electron chi connectivity index (χ2n) is 4.40. The van der Waals surface area contributed by atoms with Gasteiger partial charge in [0.05, 0.1) is 12.6 Å². The third kappa shape index (κ3) is 3.40. The summed E-state index contributed by atoms with van der Waals surface area (Å²) in [6.45, 7) is 4.46. The van der Waals surface area contributed by atoms with Crippen LogP contribution in [-0.2, 0) is 0 Å². The number of nitriles is 1. The molecule has 90 valence electrons. The summed E-state index contributed by atoms with van der Waals surface area (Å²) >= 11 is 0. The Kier molecular flexibility index (Phi) is 3.89. The number of rotatable bonds is 3. The number of aromatic nitrogens is 2. The van der Waals surface area contributed by atoms with Gasteiger partial charge in [-0.2, -0.15) is 5.26 Å². The summed E-state index contributed by atoms with van der Waals surface area (Å²) in [5.41, 5.74) is 0.976. The maximum atomic E-state index is 8.63. The van der Waals surface area contributed by atoms with Crippen LogP contribution in [0.1, 0.15) is 18.5 Å². The predicted octanol–water partition coefficient (Wildman–Crippen LogP) is 1.18. The van der Waals surface area contributed by atoms with Crippen LogP contribution in [0.5, 0.6) is 0 Å². The van der Waals surface area contributed by atoms with Crippen LogP contribution in [0, 0.1) is 18.3 Å². The van der Waals surface area contributed by atoms with Crippen LogP contribution in [0.4, 0.5) is 5.82 Å². The minimum Gasteiger partial charge on any atom is -0.367 e. The lowest BCUT2D eigenvalue weighted by atomic mass is 10.1. The number of anilines is 1. The lowest BCUT2D eigenvalue weighted by Gasteiger charge is -2.30. The smallest absolute Gasteiger partial charge is 0.129 e. The van der Waals surface area contributed by atoms with Gasteiger partial charge < -0.3 is 5.32 Å². The van der Waals surface area contributed by atoms with Crippen LogP contribution >= 0.6 is 0 Å². The highest BCUT2D eigenvalue weighted by Crippen LogP contribution is 2.14. The van der Waals surface area contributed by atoms with E-state index < -0.39 is 0 Å². The molecule has 1 aliphatic rings. The third-order valence-electron chi connectivity index (χ3n) is 3.04. The molecule has 1 fully saturated rings. The van der Waals surface area contributed by atoms with E-state index in [9.17, 15) is 0 Å². The fourth-order valence-electron chi connectivity index (χ4n) is 2.08. The van der Waals surface area contributed by atoms with Crippen LogP contribution < -0.4 is 5.32 Å². The molecule has 17 heavy (non-hydrogen) atoms. The highest BCUT2D eigenvalue weighted by atomic mass is 15.1. The topological polar surface area (TPSA) is 64.8 Å². The van der Waals surface area contributed by atoms with Gasteiger partial charge in [0.15, 0.2) is 0 Å². The normalized spacial score (nSPS) is 17.6. The van der Waals surface area contributed by atoms with Gasteiger partial charge in [0, 0.05) is 30.9 Å². The molecule has 1 saturated heterocycles. The molecular weight excluding hydrogens is 214 g/mol. The van der Waals surface area contributed by atoms with Gasteiger partial charge in [-0.1, -0.05) is 0 Å². The summed E-state index contributed by atoms with van der Waals surface area (Å²) in [5, 5.41) is 12.0. The van der Waals surface area contributed by atoms with Gasteiger partial charge in [-0.3, -0.25) is 4.90 Å². The van der Waals surface area contributed by atoms with Crippen LogP contribution in [0.3, 0.4) is 0 Å². The lowest BCUT2D eigenvalue weighted by Crippen LogP contribution is -2.39. The van der Waals surface area contributed by atoms with Crippen molar-refractivity contribution in [2.24, 2.45) is 0 Å². The van der Waals surface area contributed by atoms with E-state index in [1.165, 1.54) is 0 Å². The summed E-state index contributed by atoms with van der Waals surface area (Å²) in [4.78, 5) is 10.5. The standard InChI is InChI=1S/C12H17N5/c1-10-8-12(15-9-14-10)16-11-2-5-17(6-3-11)7-4-13/h8-9,11H,2-3,5-7H2,1H3,(H,14,15,16). The van der Waals surface area contributed by atoms with Crippen molar-refractivity contribution >= 4 is 5.82 Å². The second-order valence-corrected chi connectivity index (χ2v) is 4.40. The Bertz CT molecular complexity index is 404. The molecule has 1 aliphatic heterocycles. The molecule has 0 radical (unpaired) electrons. The first-order valence-electron chi connectivity index (χ1n) is 5.92. The quantitative estimate of drug-likeness (QED) is 0.791. The minimum atomic E-state index is 0.458. The first-order chi connectivity index (χ1) is 8.28. The molecule has 5 nitrogen and oxygen atoms in total. The Balaban J connectivity index is 1.84. The molecule has 0 atom stereocenters. The summed E-state index contributed by atoms with van der Waals surface area (Å²) in [5.74, 6) is 0.899. The summed E-state index contributed by atoms with van der Waals surface area (Å²) in [6, 6.07) is 4.61. The first kappa shape index (κ1) is 11.8. The fraction of sp³-hybridized carbons (Fsp3) is 0.583. The average molecular weight is 231 g/mol. The van der Waals surface area contributed by atoms with E-state index in [1.807, 2.05) is 13.0 Å². The van der Waals surface area contributed by atoms with Crippen molar-refractivity contribution in [3.8, 4) is 6.07 Å². The molecule has 2 rings (SSSR count). The lowest BCUT2D eigenvalue weighted by molar-refractivity contribution is 0.242. The number of piperidine rings is 1. The number of likely N-dealkylation sites (tertiary alicyclic amines) is 1. The molecule has 0 bridgehead atoms. The Labute approximate surface area is 101 Å². The number of aryl methyl sites for hydroxylation is 1. The van der Waals surface area contributed by atoms with E-state index in [1.54, 1.807) is 6.33 Å². The van der Waals surface area contributed by atoms with Crippen molar-refractivity contribution in [1.29, 1.82) is 5.26 Å². The maximum absolute atomic E-state index is 8.63. The zero-order chi connectivity index (χ0) is 12.1. The number of hydrogen-bond acceptors (Lipinski definition) is 5. The van der Waals surface area contributed by atoms with Gasteiger partial charge in [-0.15, -0.1) is 0 Å². The molecule has 0 amide bonds. The van der Waals surface area contributed by atoms with Crippen molar-refractivity contribution in [3.05, 3.63) is 18.1 Å². The molecule has 0 unspecified atom stereocenters.